The Morgan fingerprint density at radius 2 is 1.88 bits per heavy atom. The fourth-order valence-electron chi connectivity index (χ4n) is 3.18. The Morgan fingerprint density at radius 3 is 2.46 bits per heavy atom. The highest BCUT2D eigenvalue weighted by molar-refractivity contribution is 5.96. The number of amides is 2. The molecule has 0 bridgehead atoms. The first-order chi connectivity index (χ1) is 12.1. The zero-order valence-electron chi connectivity index (χ0n) is 15.9. The average molecular weight is 363 g/mol. The van der Waals surface area contributed by atoms with Crippen LogP contribution in [0, 0.1) is 11.8 Å². The van der Waals surface area contributed by atoms with Crippen molar-refractivity contribution in [1.82, 2.24) is 10.3 Å². The van der Waals surface area contributed by atoms with E-state index in [0.717, 1.165) is 25.7 Å². The number of aromatic amines is 1. The zero-order valence-corrected chi connectivity index (χ0v) is 15.9. The molecule has 2 amide bonds. The van der Waals surface area contributed by atoms with E-state index in [2.05, 4.69) is 22.5 Å². The van der Waals surface area contributed by atoms with E-state index in [1.54, 1.807) is 20.8 Å². The maximum Gasteiger partial charge on any atom is 0.408 e. The number of rotatable bonds is 4. The van der Waals surface area contributed by atoms with Crippen LogP contribution in [0.15, 0.2) is 23.1 Å². The first kappa shape index (κ1) is 20.0. The van der Waals surface area contributed by atoms with Crippen molar-refractivity contribution >= 4 is 17.8 Å². The maximum atomic E-state index is 12.8. The number of carbonyl (C=O) groups excluding carboxylic acids is 2. The molecule has 0 aliphatic heterocycles. The van der Waals surface area contributed by atoms with Gasteiger partial charge in [0, 0.05) is 18.3 Å². The molecule has 0 saturated heterocycles. The van der Waals surface area contributed by atoms with Gasteiger partial charge in [0.15, 0.2) is 5.43 Å². The smallest absolute Gasteiger partial charge is 0.408 e. The number of hydrogen-bond donors (Lipinski definition) is 3. The van der Waals surface area contributed by atoms with Crippen LogP contribution in [0.1, 0.15) is 53.4 Å². The predicted octanol–water partition coefficient (Wildman–Crippen LogP) is 3.03. The van der Waals surface area contributed by atoms with Crippen LogP contribution in [-0.2, 0) is 9.53 Å². The van der Waals surface area contributed by atoms with Gasteiger partial charge in [0.1, 0.15) is 17.5 Å². The van der Waals surface area contributed by atoms with Crippen molar-refractivity contribution < 1.29 is 14.3 Å². The van der Waals surface area contributed by atoms with Crippen LogP contribution in [0.4, 0.5) is 10.6 Å². The number of H-pyrrole nitrogens is 1. The van der Waals surface area contributed by atoms with E-state index in [1.807, 2.05) is 0 Å². The van der Waals surface area contributed by atoms with Gasteiger partial charge in [0.05, 0.1) is 0 Å². The third-order valence-corrected chi connectivity index (χ3v) is 4.52. The van der Waals surface area contributed by atoms with Crippen molar-refractivity contribution in [1.29, 1.82) is 0 Å². The molecule has 1 aliphatic carbocycles. The van der Waals surface area contributed by atoms with Gasteiger partial charge in [-0.25, -0.2) is 4.79 Å². The summed E-state index contributed by atoms with van der Waals surface area (Å²) in [6.07, 6.45) is 4.62. The monoisotopic (exact) mass is 363 g/mol. The summed E-state index contributed by atoms with van der Waals surface area (Å²) in [5.74, 6) is 0.621. The lowest BCUT2D eigenvalue weighted by Gasteiger charge is -2.32. The van der Waals surface area contributed by atoms with E-state index in [-0.39, 0.29) is 17.3 Å². The number of aromatic nitrogens is 1. The zero-order chi connectivity index (χ0) is 19.3. The summed E-state index contributed by atoms with van der Waals surface area (Å²) < 4.78 is 5.31. The van der Waals surface area contributed by atoms with E-state index in [0.29, 0.717) is 11.7 Å². The number of hydrogen-bond acceptors (Lipinski definition) is 4. The molecule has 1 saturated carbocycles. The van der Waals surface area contributed by atoms with Gasteiger partial charge in [-0.3, -0.25) is 9.59 Å². The molecule has 0 unspecified atom stereocenters. The van der Waals surface area contributed by atoms with E-state index in [1.165, 1.54) is 18.3 Å². The van der Waals surface area contributed by atoms with Gasteiger partial charge in [-0.15, -0.1) is 0 Å². The van der Waals surface area contributed by atoms with Crippen LogP contribution in [0.3, 0.4) is 0 Å². The largest absolute Gasteiger partial charge is 0.444 e. The lowest BCUT2D eigenvalue weighted by Crippen LogP contribution is -2.50. The Bertz CT molecular complexity index is 685. The Morgan fingerprint density at radius 1 is 1.23 bits per heavy atom. The van der Waals surface area contributed by atoms with Crippen LogP contribution in [0.5, 0.6) is 0 Å². The van der Waals surface area contributed by atoms with Gasteiger partial charge in [0.25, 0.3) is 0 Å². The van der Waals surface area contributed by atoms with Crippen LogP contribution >= 0.6 is 0 Å². The molecular formula is C19H29N3O4. The summed E-state index contributed by atoms with van der Waals surface area (Å²) >= 11 is 0. The standard InChI is InChI=1S/C19H29N3O4/c1-12-5-7-13(8-6-12)16(22-18(25)26-19(2,3)4)17(24)21-15-11-14(23)9-10-20-15/h9-13,16H,5-8H2,1-4H3,(H,22,25)(H2,20,21,23,24)/t12?,13?,16-/m0/s1. The quantitative estimate of drug-likeness (QED) is 0.765. The molecule has 2 rings (SSSR count). The molecule has 1 aliphatic rings. The second-order valence-corrected chi connectivity index (χ2v) is 8.07. The van der Waals surface area contributed by atoms with Crippen molar-refractivity contribution in [3.05, 3.63) is 28.6 Å². The summed E-state index contributed by atoms with van der Waals surface area (Å²) in [6, 6.07) is 1.97. The Kier molecular flexibility index (Phi) is 6.45. The number of pyridine rings is 1. The summed E-state index contributed by atoms with van der Waals surface area (Å²) in [5, 5.41) is 5.42. The van der Waals surface area contributed by atoms with Gasteiger partial charge in [0.2, 0.25) is 5.91 Å². The lowest BCUT2D eigenvalue weighted by atomic mass is 9.79. The number of nitrogens with one attached hydrogen (secondary N) is 3. The molecule has 144 valence electrons. The van der Waals surface area contributed by atoms with Gasteiger partial charge in [-0.1, -0.05) is 19.8 Å². The molecule has 1 fully saturated rings. The first-order valence-corrected chi connectivity index (χ1v) is 9.13. The summed E-state index contributed by atoms with van der Waals surface area (Å²) in [5.41, 5.74) is -0.848. The van der Waals surface area contributed by atoms with Gasteiger partial charge >= 0.3 is 6.09 Å². The van der Waals surface area contributed by atoms with Crippen LogP contribution in [-0.4, -0.2) is 28.6 Å². The number of anilines is 1. The number of alkyl carbamates (subject to hydrolysis) is 1. The molecule has 26 heavy (non-hydrogen) atoms. The second kappa shape index (κ2) is 8.38. The summed E-state index contributed by atoms with van der Waals surface area (Å²) in [4.78, 5) is 39.3. The molecule has 1 heterocycles. The van der Waals surface area contributed by atoms with Crippen molar-refractivity contribution in [2.24, 2.45) is 11.8 Å². The molecule has 0 aromatic carbocycles. The van der Waals surface area contributed by atoms with Gasteiger partial charge in [-0.2, -0.15) is 0 Å². The van der Waals surface area contributed by atoms with E-state index < -0.39 is 17.7 Å². The van der Waals surface area contributed by atoms with Crippen LogP contribution in [0.25, 0.3) is 0 Å². The third-order valence-electron chi connectivity index (χ3n) is 4.52. The fraction of sp³-hybridized carbons (Fsp3) is 0.632. The normalized spacial score (nSPS) is 21.5. The van der Waals surface area contributed by atoms with Gasteiger partial charge < -0.3 is 20.4 Å². The molecule has 7 heteroatoms. The molecular weight excluding hydrogens is 334 g/mol. The highest BCUT2D eigenvalue weighted by atomic mass is 16.6. The van der Waals surface area contributed by atoms with E-state index in [4.69, 9.17) is 4.74 Å². The lowest BCUT2D eigenvalue weighted by molar-refractivity contribution is -0.119. The van der Waals surface area contributed by atoms with Gasteiger partial charge in [-0.05, 0) is 45.4 Å². The van der Waals surface area contributed by atoms with Crippen molar-refractivity contribution in [2.75, 3.05) is 5.32 Å². The first-order valence-electron chi connectivity index (χ1n) is 9.13. The topological polar surface area (TPSA) is 100 Å². The Balaban J connectivity index is 2.12. The molecule has 1 aromatic heterocycles. The number of carbonyl (C=O) groups is 2. The van der Waals surface area contributed by atoms with E-state index in [9.17, 15) is 14.4 Å². The molecule has 7 nitrogen and oxygen atoms in total. The summed E-state index contributed by atoms with van der Waals surface area (Å²) in [7, 11) is 0. The van der Waals surface area contributed by atoms with E-state index >= 15 is 0 Å². The van der Waals surface area contributed by atoms with Crippen molar-refractivity contribution in [3.8, 4) is 0 Å². The van der Waals surface area contributed by atoms with Crippen molar-refractivity contribution in [2.45, 2.75) is 65.0 Å². The molecule has 1 aromatic rings. The maximum absolute atomic E-state index is 12.8. The predicted molar refractivity (Wildman–Crippen MR) is 100.0 cm³/mol. The van der Waals surface area contributed by atoms with Crippen LogP contribution < -0.4 is 16.1 Å². The molecule has 1 atom stereocenters. The molecule has 3 N–H and O–H groups in total. The van der Waals surface area contributed by atoms with Crippen LogP contribution in [0.2, 0.25) is 0 Å². The fourth-order valence-corrected chi connectivity index (χ4v) is 3.18. The third kappa shape index (κ3) is 6.20. The minimum atomic E-state index is -0.707. The second-order valence-electron chi connectivity index (χ2n) is 8.07. The Labute approximate surface area is 153 Å². The average Bonchev–Trinajstić information content (AvgIpc) is 2.52. The molecule has 0 radical (unpaired) electrons. The summed E-state index contributed by atoms with van der Waals surface area (Å²) in [6.45, 7) is 7.53. The minimum Gasteiger partial charge on any atom is -0.444 e. The Hall–Kier alpha value is -2.31. The SMILES string of the molecule is CC1CCC([C@H](NC(=O)OC(C)(C)C)C(=O)Nc2cc(=O)cc[nH]2)CC1. The highest BCUT2D eigenvalue weighted by Gasteiger charge is 2.33. The molecule has 0 spiro atoms. The van der Waals surface area contributed by atoms with Crippen molar-refractivity contribution in [3.63, 3.8) is 0 Å². The highest BCUT2D eigenvalue weighted by Crippen LogP contribution is 2.31. The minimum absolute atomic E-state index is 0.0363. The number of ether oxygens (including phenoxy) is 1.